The predicted octanol–water partition coefficient (Wildman–Crippen LogP) is 4.24. The number of carbonyl (C=O) groups excluding carboxylic acids is 1. The van der Waals surface area contributed by atoms with Crippen molar-refractivity contribution in [3.63, 3.8) is 0 Å². The van der Waals surface area contributed by atoms with Crippen LogP contribution in [0.25, 0.3) is 0 Å². The highest BCUT2D eigenvalue weighted by Crippen LogP contribution is 2.33. The van der Waals surface area contributed by atoms with Gasteiger partial charge in [0, 0.05) is 20.6 Å². The molecular weight excluding hydrogens is 277 g/mol. The van der Waals surface area contributed by atoms with Gasteiger partial charge in [-0.1, -0.05) is 27.5 Å². The van der Waals surface area contributed by atoms with E-state index in [-0.39, 0.29) is 20.6 Å². The van der Waals surface area contributed by atoms with Gasteiger partial charge in [0.1, 0.15) is 0 Å². The first-order valence-corrected chi connectivity index (χ1v) is 4.88. The summed E-state index contributed by atoms with van der Waals surface area (Å²) >= 11 is 8.59. The van der Waals surface area contributed by atoms with Gasteiger partial charge in [0.15, 0.2) is 5.78 Å². The minimum Gasteiger partial charge on any atom is -0.294 e. The molecule has 1 nitrogen and oxygen atoms in total. The number of Topliss-reactive ketones (excluding diaryl/α,β-unsaturated/α-hetero) is 1. The molecule has 0 radical (unpaired) electrons. The van der Waals surface area contributed by atoms with E-state index in [2.05, 4.69) is 15.9 Å². The summed E-state index contributed by atoms with van der Waals surface area (Å²) in [5.41, 5.74) is -0.346. The molecule has 0 aliphatic carbocycles. The number of benzene rings is 1. The molecule has 0 bridgehead atoms. The van der Waals surface area contributed by atoms with Gasteiger partial charge in [0.05, 0.1) is 0 Å². The Kier molecular flexibility index (Phi) is 3.61. The van der Waals surface area contributed by atoms with Gasteiger partial charge in [-0.05, 0) is 19.1 Å². The lowest BCUT2D eigenvalue weighted by atomic mass is 10.1. The Morgan fingerprint density at radius 3 is 2.50 bits per heavy atom. The van der Waals surface area contributed by atoms with Gasteiger partial charge in [-0.15, -0.1) is 0 Å². The van der Waals surface area contributed by atoms with Crippen LogP contribution in [0.5, 0.6) is 0 Å². The van der Waals surface area contributed by atoms with Crippen LogP contribution in [0.15, 0.2) is 16.6 Å². The largest absolute Gasteiger partial charge is 0.294 e. The van der Waals surface area contributed by atoms with Crippen LogP contribution >= 0.6 is 27.5 Å². The van der Waals surface area contributed by atoms with Gasteiger partial charge >= 0.3 is 0 Å². The molecule has 0 atom stereocenters. The monoisotopic (exact) mass is 282 g/mol. The molecular formula is C9H6BrClF2O. The zero-order valence-corrected chi connectivity index (χ0v) is 9.49. The van der Waals surface area contributed by atoms with E-state index in [1.165, 1.54) is 19.1 Å². The van der Waals surface area contributed by atoms with Crippen molar-refractivity contribution in [1.82, 2.24) is 0 Å². The lowest BCUT2D eigenvalue weighted by Crippen LogP contribution is -2.01. The highest BCUT2D eigenvalue weighted by molar-refractivity contribution is 9.10. The lowest BCUT2D eigenvalue weighted by molar-refractivity contribution is 0.0998. The Hall–Kier alpha value is -0.480. The summed E-state index contributed by atoms with van der Waals surface area (Å²) in [6.45, 7) is 1.23. The Labute approximate surface area is 93.2 Å². The molecule has 0 saturated carbocycles. The third-order valence-corrected chi connectivity index (χ3v) is 2.57. The molecule has 0 N–H and O–H groups in total. The summed E-state index contributed by atoms with van der Waals surface area (Å²) in [5, 5.41) is 0.256. The molecule has 76 valence electrons. The van der Waals surface area contributed by atoms with Crippen LogP contribution in [0.3, 0.4) is 0 Å². The van der Waals surface area contributed by atoms with Crippen molar-refractivity contribution in [1.29, 1.82) is 0 Å². The van der Waals surface area contributed by atoms with Crippen molar-refractivity contribution in [3.05, 3.63) is 32.8 Å². The maximum absolute atomic E-state index is 12.6. The molecule has 0 aliphatic rings. The minimum absolute atomic E-state index is 0.0422. The van der Waals surface area contributed by atoms with Gasteiger partial charge in [-0.2, -0.15) is 0 Å². The smallest absolute Gasteiger partial charge is 0.265 e. The molecule has 0 aliphatic heterocycles. The summed E-state index contributed by atoms with van der Waals surface area (Å²) in [6, 6.07) is 2.59. The van der Waals surface area contributed by atoms with Crippen molar-refractivity contribution < 1.29 is 13.6 Å². The summed E-state index contributed by atoms with van der Waals surface area (Å²) in [5.74, 6) is -0.427. The standard InChI is InChI=1S/C9H6BrClF2O/c1-4(14)6-2-5(11)3-7(10)8(6)9(12)13/h2-3,9H,1H3. The van der Waals surface area contributed by atoms with Crippen molar-refractivity contribution in [3.8, 4) is 0 Å². The van der Waals surface area contributed by atoms with Crippen LogP contribution in [0.1, 0.15) is 29.3 Å². The number of hydrogen-bond acceptors (Lipinski definition) is 1. The van der Waals surface area contributed by atoms with Gasteiger partial charge < -0.3 is 0 Å². The van der Waals surface area contributed by atoms with E-state index in [1.54, 1.807) is 0 Å². The summed E-state index contributed by atoms with van der Waals surface area (Å²) in [4.78, 5) is 11.1. The van der Waals surface area contributed by atoms with Gasteiger partial charge in [-0.25, -0.2) is 8.78 Å². The third kappa shape index (κ3) is 2.30. The molecule has 0 heterocycles. The number of halogens is 4. The quantitative estimate of drug-likeness (QED) is 0.742. The van der Waals surface area contributed by atoms with E-state index in [9.17, 15) is 13.6 Å². The SMILES string of the molecule is CC(=O)c1cc(Cl)cc(Br)c1C(F)F. The molecule has 14 heavy (non-hydrogen) atoms. The van der Waals surface area contributed by atoms with Crippen molar-refractivity contribution in [2.45, 2.75) is 13.3 Å². The summed E-state index contributed by atoms with van der Waals surface area (Å²) in [6.07, 6.45) is -2.69. The van der Waals surface area contributed by atoms with Crippen molar-refractivity contribution >= 4 is 33.3 Å². The fourth-order valence-electron chi connectivity index (χ4n) is 1.10. The molecule has 0 saturated heterocycles. The number of carbonyl (C=O) groups is 1. The maximum atomic E-state index is 12.6. The first kappa shape index (κ1) is 11.6. The highest BCUT2D eigenvalue weighted by Gasteiger charge is 2.19. The molecule has 0 spiro atoms. The van der Waals surface area contributed by atoms with Crippen LogP contribution in [-0.2, 0) is 0 Å². The first-order valence-electron chi connectivity index (χ1n) is 3.71. The molecule has 0 amide bonds. The van der Waals surface area contributed by atoms with Crippen molar-refractivity contribution in [2.75, 3.05) is 0 Å². The predicted molar refractivity (Wildman–Crippen MR) is 54.1 cm³/mol. The fraction of sp³-hybridized carbons (Fsp3) is 0.222. The molecule has 0 unspecified atom stereocenters. The highest BCUT2D eigenvalue weighted by atomic mass is 79.9. The van der Waals surface area contributed by atoms with E-state index in [0.717, 1.165) is 0 Å². The van der Waals surface area contributed by atoms with E-state index in [0.29, 0.717) is 0 Å². The zero-order chi connectivity index (χ0) is 10.9. The second-order valence-electron chi connectivity index (χ2n) is 2.71. The Morgan fingerprint density at radius 1 is 1.50 bits per heavy atom. The Balaban J connectivity index is 3.44. The second-order valence-corrected chi connectivity index (χ2v) is 4.00. The maximum Gasteiger partial charge on any atom is 0.265 e. The Morgan fingerprint density at radius 2 is 2.07 bits per heavy atom. The minimum atomic E-state index is -2.69. The topological polar surface area (TPSA) is 17.1 Å². The average molecular weight is 283 g/mol. The number of alkyl halides is 2. The van der Waals surface area contributed by atoms with E-state index < -0.39 is 12.2 Å². The molecule has 1 aromatic carbocycles. The molecule has 0 fully saturated rings. The van der Waals surface area contributed by atoms with Crippen LogP contribution in [0.4, 0.5) is 8.78 Å². The van der Waals surface area contributed by atoms with Crippen LogP contribution < -0.4 is 0 Å². The van der Waals surface area contributed by atoms with Crippen LogP contribution in [0.2, 0.25) is 5.02 Å². The van der Waals surface area contributed by atoms with Gasteiger partial charge in [0.25, 0.3) is 6.43 Å². The molecule has 0 aromatic heterocycles. The van der Waals surface area contributed by atoms with Crippen molar-refractivity contribution in [2.24, 2.45) is 0 Å². The second kappa shape index (κ2) is 4.36. The normalized spacial score (nSPS) is 10.7. The van der Waals surface area contributed by atoms with E-state index in [1.807, 2.05) is 0 Å². The zero-order valence-electron chi connectivity index (χ0n) is 7.15. The lowest BCUT2D eigenvalue weighted by Gasteiger charge is -2.08. The number of rotatable bonds is 2. The third-order valence-electron chi connectivity index (χ3n) is 1.69. The number of hydrogen-bond donors (Lipinski definition) is 0. The average Bonchev–Trinajstić information content (AvgIpc) is 2.01. The summed E-state index contributed by atoms with van der Waals surface area (Å²) < 4.78 is 25.3. The van der Waals surface area contributed by atoms with E-state index in [4.69, 9.17) is 11.6 Å². The molecule has 1 aromatic rings. The van der Waals surface area contributed by atoms with E-state index >= 15 is 0 Å². The Bertz CT molecular complexity index is 379. The molecule has 5 heteroatoms. The molecule has 1 rings (SSSR count). The van der Waals surface area contributed by atoms with Gasteiger partial charge in [0.2, 0.25) is 0 Å². The van der Waals surface area contributed by atoms with Gasteiger partial charge in [-0.3, -0.25) is 4.79 Å². The van der Waals surface area contributed by atoms with Crippen LogP contribution in [0, 0.1) is 0 Å². The summed E-state index contributed by atoms with van der Waals surface area (Å²) in [7, 11) is 0. The van der Waals surface area contributed by atoms with Crippen LogP contribution in [-0.4, -0.2) is 5.78 Å². The first-order chi connectivity index (χ1) is 6.43. The number of ketones is 1. The fourth-order valence-corrected chi connectivity index (χ4v) is 2.08.